The molecule has 0 fully saturated rings. The predicted molar refractivity (Wildman–Crippen MR) is 131 cm³/mol. The molecule has 190 valence electrons. The maximum Gasteiger partial charge on any atom is 0.323 e. The number of amides is 4. The van der Waals surface area contributed by atoms with Crippen LogP contribution in [0.2, 0.25) is 0 Å². The molecule has 3 rings (SSSR count). The molecule has 16 heteroatoms. The second kappa shape index (κ2) is 9.34. The lowest BCUT2D eigenvalue weighted by molar-refractivity contribution is 0.255. The minimum absolute atomic E-state index is 0.0327. The summed E-state index contributed by atoms with van der Waals surface area (Å²) in [5.41, 5.74) is 22.5. The monoisotopic (exact) mass is 536 g/mol. The van der Waals surface area contributed by atoms with Crippen molar-refractivity contribution in [3.63, 3.8) is 0 Å². The van der Waals surface area contributed by atoms with Crippen molar-refractivity contribution in [2.45, 2.75) is 9.79 Å². The number of rotatable bonds is 6. The first-order chi connectivity index (χ1) is 16.6. The van der Waals surface area contributed by atoms with Crippen LogP contribution < -0.4 is 32.7 Å². The van der Waals surface area contributed by atoms with Crippen LogP contribution in [0.25, 0.3) is 0 Å². The molecular formula is C20H20N6O8S2. The Kier molecular flexibility index (Phi) is 6.81. The first kappa shape index (κ1) is 26.2. The molecule has 0 bridgehead atoms. The fraction of sp³-hybridized carbons (Fsp3) is 0. The van der Waals surface area contributed by atoms with Crippen molar-refractivity contribution in [2.75, 3.05) is 21.3 Å². The second-order valence-corrected chi connectivity index (χ2v) is 10.1. The lowest BCUT2D eigenvalue weighted by Gasteiger charge is -2.26. The third-order valence-corrected chi connectivity index (χ3v) is 6.56. The fourth-order valence-corrected chi connectivity index (χ4v) is 4.37. The van der Waals surface area contributed by atoms with E-state index in [9.17, 15) is 35.5 Å². The number of urea groups is 2. The van der Waals surface area contributed by atoms with Gasteiger partial charge in [0.05, 0.1) is 43.9 Å². The first-order valence-electron chi connectivity index (χ1n) is 9.64. The number of carbonyl (C=O) groups is 2. The van der Waals surface area contributed by atoms with Crippen LogP contribution >= 0.6 is 0 Å². The molecule has 0 aliphatic rings. The summed E-state index contributed by atoms with van der Waals surface area (Å²) in [6, 6.07) is 9.70. The van der Waals surface area contributed by atoms with Crippen LogP contribution in [0, 0.1) is 0 Å². The maximum absolute atomic E-state index is 12.3. The Bertz CT molecular complexity index is 1480. The summed E-state index contributed by atoms with van der Waals surface area (Å²) in [6.07, 6.45) is 0. The van der Waals surface area contributed by atoms with Crippen LogP contribution in [0.3, 0.4) is 0 Å². The Hall–Kier alpha value is -4.38. The zero-order chi connectivity index (χ0) is 27.0. The largest absolute Gasteiger partial charge is 0.397 e. The number of nitrogens with two attached hydrogens (primary N) is 4. The fourth-order valence-electron chi connectivity index (χ4n) is 3.33. The quantitative estimate of drug-likeness (QED) is 0.196. The van der Waals surface area contributed by atoms with Gasteiger partial charge in [0.1, 0.15) is 0 Å². The molecule has 0 spiro atoms. The first-order valence-corrected chi connectivity index (χ1v) is 12.5. The van der Waals surface area contributed by atoms with E-state index >= 15 is 0 Å². The summed E-state index contributed by atoms with van der Waals surface area (Å²) in [6.45, 7) is 0. The van der Waals surface area contributed by atoms with Crippen molar-refractivity contribution in [3.8, 4) is 0 Å². The third kappa shape index (κ3) is 5.31. The minimum Gasteiger partial charge on any atom is -0.397 e. The van der Waals surface area contributed by atoms with Gasteiger partial charge in [0.25, 0.3) is 20.2 Å². The van der Waals surface area contributed by atoms with Gasteiger partial charge in [-0.3, -0.25) is 18.9 Å². The number of nitrogens with zero attached hydrogens (tertiary/aromatic N) is 2. The molecule has 3 aromatic carbocycles. The van der Waals surface area contributed by atoms with E-state index in [0.717, 1.165) is 46.2 Å². The third-order valence-electron chi connectivity index (χ3n) is 4.86. The standard InChI is InChI=1S/C20H20N6O8S2/c21-15-9-13(35(29,30)31)4-6-17(15)25(19(23)27)11-2-1-3-12(8-11)26(20(24)28)18-7-5-14(10-16(18)22)36(32,33)34/h1-10H,21-22H2,(H2,23,27)(H2,24,28)(H,29,30,31)(H,32,33,34). The summed E-state index contributed by atoms with van der Waals surface area (Å²) in [5, 5.41) is 0. The van der Waals surface area contributed by atoms with Crippen molar-refractivity contribution in [1.82, 2.24) is 0 Å². The normalized spacial score (nSPS) is 11.6. The molecule has 4 amide bonds. The van der Waals surface area contributed by atoms with E-state index in [2.05, 4.69) is 0 Å². The van der Waals surface area contributed by atoms with Crippen LogP contribution in [0.1, 0.15) is 0 Å². The van der Waals surface area contributed by atoms with E-state index in [1.165, 1.54) is 24.3 Å². The van der Waals surface area contributed by atoms with E-state index in [4.69, 9.17) is 22.9 Å². The van der Waals surface area contributed by atoms with Gasteiger partial charge in [0.2, 0.25) is 0 Å². The Morgan fingerprint density at radius 3 is 1.28 bits per heavy atom. The van der Waals surface area contributed by atoms with Gasteiger partial charge in [-0.05, 0) is 54.6 Å². The van der Waals surface area contributed by atoms with Gasteiger partial charge in [-0.15, -0.1) is 0 Å². The Morgan fingerprint density at radius 1 is 0.639 bits per heavy atom. The van der Waals surface area contributed by atoms with E-state index in [1.807, 2.05) is 0 Å². The molecule has 0 radical (unpaired) electrons. The van der Waals surface area contributed by atoms with Gasteiger partial charge >= 0.3 is 12.1 Å². The number of carbonyl (C=O) groups excluding carboxylic acids is 2. The van der Waals surface area contributed by atoms with Gasteiger partial charge in [-0.1, -0.05) is 6.07 Å². The number of nitrogen functional groups attached to an aromatic ring is 2. The molecule has 0 unspecified atom stereocenters. The number of anilines is 6. The summed E-state index contributed by atoms with van der Waals surface area (Å²) >= 11 is 0. The Morgan fingerprint density at radius 2 is 1.00 bits per heavy atom. The molecule has 10 N–H and O–H groups in total. The van der Waals surface area contributed by atoms with Crippen LogP contribution in [-0.4, -0.2) is 38.0 Å². The molecule has 0 aliphatic carbocycles. The van der Waals surface area contributed by atoms with Crippen molar-refractivity contribution >= 4 is 66.4 Å². The topological polar surface area (TPSA) is 253 Å². The molecule has 0 heterocycles. The summed E-state index contributed by atoms with van der Waals surface area (Å²) in [5.74, 6) is 0. The second-order valence-electron chi connectivity index (χ2n) is 7.26. The minimum atomic E-state index is -4.57. The van der Waals surface area contributed by atoms with E-state index in [0.29, 0.717) is 0 Å². The van der Waals surface area contributed by atoms with Crippen LogP contribution in [0.5, 0.6) is 0 Å². The molecule has 3 aromatic rings. The smallest absolute Gasteiger partial charge is 0.323 e. The Labute approximate surface area is 205 Å². The van der Waals surface area contributed by atoms with Gasteiger partial charge < -0.3 is 22.9 Å². The lowest BCUT2D eigenvalue weighted by Crippen LogP contribution is -2.34. The van der Waals surface area contributed by atoms with E-state index in [-0.39, 0.29) is 34.1 Å². The van der Waals surface area contributed by atoms with Gasteiger partial charge in [-0.2, -0.15) is 16.8 Å². The van der Waals surface area contributed by atoms with Crippen molar-refractivity contribution in [1.29, 1.82) is 0 Å². The molecule has 36 heavy (non-hydrogen) atoms. The Balaban J connectivity index is 2.13. The van der Waals surface area contributed by atoms with Gasteiger partial charge in [-0.25, -0.2) is 9.59 Å². The highest BCUT2D eigenvalue weighted by Gasteiger charge is 2.24. The molecule has 0 saturated heterocycles. The molecule has 0 atom stereocenters. The van der Waals surface area contributed by atoms with Crippen LogP contribution in [-0.2, 0) is 20.2 Å². The van der Waals surface area contributed by atoms with Gasteiger partial charge in [0, 0.05) is 0 Å². The zero-order valence-corrected chi connectivity index (χ0v) is 19.8. The summed E-state index contributed by atoms with van der Waals surface area (Å²) < 4.78 is 64.0. The van der Waals surface area contributed by atoms with Crippen LogP contribution in [0.15, 0.2) is 70.5 Å². The molecule has 14 nitrogen and oxygen atoms in total. The summed E-state index contributed by atoms with van der Waals surface area (Å²) in [4.78, 5) is 25.5. The predicted octanol–water partition coefficient (Wildman–Crippen LogP) is 1.78. The highest BCUT2D eigenvalue weighted by Crippen LogP contribution is 2.37. The van der Waals surface area contributed by atoms with Gasteiger partial charge in [0.15, 0.2) is 0 Å². The average molecular weight is 537 g/mol. The molecule has 0 saturated carbocycles. The molecule has 0 aliphatic heterocycles. The molecular weight excluding hydrogens is 516 g/mol. The number of primary amides is 2. The van der Waals surface area contributed by atoms with E-state index in [1.54, 1.807) is 0 Å². The zero-order valence-electron chi connectivity index (χ0n) is 18.1. The number of benzene rings is 3. The number of hydrogen-bond acceptors (Lipinski definition) is 8. The summed E-state index contributed by atoms with van der Waals surface area (Å²) in [7, 11) is -9.13. The number of hydrogen-bond donors (Lipinski definition) is 6. The van der Waals surface area contributed by atoms with Crippen molar-refractivity contribution in [3.05, 3.63) is 60.7 Å². The average Bonchev–Trinajstić information content (AvgIpc) is 2.75. The van der Waals surface area contributed by atoms with Crippen molar-refractivity contribution < 1.29 is 35.5 Å². The molecule has 0 aromatic heterocycles. The van der Waals surface area contributed by atoms with Crippen molar-refractivity contribution in [2.24, 2.45) is 11.5 Å². The SMILES string of the molecule is NC(=O)N(c1cccc(N(C(N)=O)c2ccc(S(=O)(=O)O)cc2N)c1)c1ccc(S(=O)(=O)O)cc1N. The van der Waals surface area contributed by atoms with Crippen LogP contribution in [0.4, 0.5) is 43.7 Å². The van der Waals surface area contributed by atoms with E-state index < -0.39 is 42.1 Å². The highest BCUT2D eigenvalue weighted by atomic mass is 32.2. The highest BCUT2D eigenvalue weighted by molar-refractivity contribution is 7.86. The maximum atomic E-state index is 12.3. The lowest BCUT2D eigenvalue weighted by atomic mass is 10.1.